The summed E-state index contributed by atoms with van der Waals surface area (Å²) in [5.41, 5.74) is 1.93. The van der Waals surface area contributed by atoms with Gasteiger partial charge in [-0.15, -0.1) is 0 Å². The Morgan fingerprint density at radius 3 is 2.27 bits per heavy atom. The van der Waals surface area contributed by atoms with Gasteiger partial charge in [-0.1, -0.05) is 60.7 Å². The minimum absolute atomic E-state index is 0.0341. The van der Waals surface area contributed by atoms with Gasteiger partial charge in [-0.25, -0.2) is 4.39 Å². The van der Waals surface area contributed by atoms with Crippen LogP contribution < -0.4 is 4.74 Å². The Labute approximate surface area is 177 Å². The van der Waals surface area contributed by atoms with Gasteiger partial charge in [0.25, 0.3) is 0 Å². The van der Waals surface area contributed by atoms with Crippen molar-refractivity contribution in [1.82, 2.24) is 4.90 Å². The number of hydrogen-bond acceptors (Lipinski definition) is 3. The molecule has 154 valence electrons. The summed E-state index contributed by atoms with van der Waals surface area (Å²) in [7, 11) is 0. The number of ether oxygens (including phenoxy) is 1. The predicted molar refractivity (Wildman–Crippen MR) is 116 cm³/mol. The minimum atomic E-state index is -0.273. The van der Waals surface area contributed by atoms with Gasteiger partial charge in [-0.3, -0.25) is 9.69 Å². The van der Waals surface area contributed by atoms with E-state index in [0.717, 1.165) is 25.1 Å². The Kier molecular flexibility index (Phi) is 6.24. The third kappa shape index (κ3) is 4.60. The molecule has 0 N–H and O–H groups in total. The van der Waals surface area contributed by atoms with E-state index in [9.17, 15) is 9.18 Å². The van der Waals surface area contributed by atoms with Crippen molar-refractivity contribution in [3.8, 4) is 5.75 Å². The fourth-order valence-electron chi connectivity index (χ4n) is 4.17. The lowest BCUT2D eigenvalue weighted by Crippen LogP contribution is -2.50. The maximum atomic E-state index is 13.3. The second-order valence-corrected chi connectivity index (χ2v) is 7.82. The van der Waals surface area contributed by atoms with E-state index in [1.54, 1.807) is 12.1 Å². The molecule has 30 heavy (non-hydrogen) atoms. The molecule has 1 heterocycles. The van der Waals surface area contributed by atoms with Crippen LogP contribution in [0.4, 0.5) is 4.39 Å². The third-order valence-corrected chi connectivity index (χ3v) is 5.90. The molecule has 0 aliphatic carbocycles. The molecule has 1 saturated heterocycles. The third-order valence-electron chi connectivity index (χ3n) is 5.90. The van der Waals surface area contributed by atoms with Crippen LogP contribution in [0, 0.1) is 5.82 Å². The van der Waals surface area contributed by atoms with Crippen molar-refractivity contribution in [3.63, 3.8) is 0 Å². The predicted octanol–water partition coefficient (Wildman–Crippen LogP) is 5.33. The number of carbonyl (C=O) groups excluding carboxylic acids is 1. The largest absolute Gasteiger partial charge is 0.490 e. The van der Waals surface area contributed by atoms with Gasteiger partial charge in [0.1, 0.15) is 17.7 Å². The number of rotatable bonds is 6. The highest BCUT2D eigenvalue weighted by Gasteiger charge is 2.35. The molecule has 1 aliphatic heterocycles. The molecule has 3 aromatic rings. The van der Waals surface area contributed by atoms with Gasteiger partial charge >= 0.3 is 0 Å². The van der Waals surface area contributed by atoms with Gasteiger partial charge in [0.05, 0.1) is 6.04 Å². The van der Waals surface area contributed by atoms with Crippen LogP contribution in [0.25, 0.3) is 0 Å². The van der Waals surface area contributed by atoms with E-state index in [4.69, 9.17) is 4.74 Å². The van der Waals surface area contributed by atoms with Crippen molar-refractivity contribution in [2.24, 2.45) is 0 Å². The van der Waals surface area contributed by atoms with E-state index < -0.39 is 0 Å². The van der Waals surface area contributed by atoms with E-state index in [2.05, 4.69) is 17.0 Å². The summed E-state index contributed by atoms with van der Waals surface area (Å²) in [5.74, 6) is 0.658. The van der Waals surface area contributed by atoms with E-state index >= 15 is 0 Å². The molecule has 0 spiro atoms. The summed E-state index contributed by atoms with van der Waals surface area (Å²) < 4.78 is 19.5. The first kappa shape index (κ1) is 20.3. The summed E-state index contributed by atoms with van der Waals surface area (Å²) in [6.07, 6.45) is 0.761. The van der Waals surface area contributed by atoms with Crippen LogP contribution in [-0.2, 0) is 0 Å². The zero-order chi connectivity index (χ0) is 20.9. The molecule has 3 atom stereocenters. The van der Waals surface area contributed by atoms with Crippen molar-refractivity contribution >= 4 is 5.78 Å². The SMILES string of the molecule is CC(C(=O)c1ccccc1)N1CC[C@H](Oc2ccc(F)cc2)[C@@H](c2ccccc2)C1. The molecule has 0 radical (unpaired) electrons. The number of Topliss-reactive ketones (excluding diaryl/α,β-unsaturated/α-hetero) is 1. The zero-order valence-electron chi connectivity index (χ0n) is 17.1. The minimum Gasteiger partial charge on any atom is -0.490 e. The van der Waals surface area contributed by atoms with Gasteiger partial charge in [-0.05, 0) is 43.2 Å². The van der Waals surface area contributed by atoms with Crippen LogP contribution in [0.2, 0.25) is 0 Å². The van der Waals surface area contributed by atoms with E-state index in [1.807, 2.05) is 55.5 Å². The van der Waals surface area contributed by atoms with Crippen LogP contribution in [0.5, 0.6) is 5.75 Å². The topological polar surface area (TPSA) is 29.5 Å². The van der Waals surface area contributed by atoms with Gasteiger partial charge in [0, 0.05) is 24.6 Å². The van der Waals surface area contributed by atoms with E-state index in [0.29, 0.717) is 5.75 Å². The standard InChI is InChI=1S/C26H26FNO2/c1-19(26(29)21-10-6-3-7-11-21)28-17-16-25(30-23-14-12-22(27)13-15-23)24(18-28)20-8-4-2-5-9-20/h2-15,19,24-25H,16-18H2,1H3/t19?,24-,25+/m1/s1. The molecule has 4 heteroatoms. The fourth-order valence-corrected chi connectivity index (χ4v) is 4.17. The van der Waals surface area contributed by atoms with Crippen molar-refractivity contribution in [2.75, 3.05) is 13.1 Å². The molecule has 4 rings (SSSR count). The first-order valence-corrected chi connectivity index (χ1v) is 10.4. The van der Waals surface area contributed by atoms with Crippen LogP contribution in [0.15, 0.2) is 84.9 Å². The summed E-state index contributed by atoms with van der Waals surface area (Å²) in [5, 5.41) is 0. The van der Waals surface area contributed by atoms with Gasteiger partial charge in [0.15, 0.2) is 5.78 Å². The quantitative estimate of drug-likeness (QED) is 0.521. The molecule has 0 amide bonds. The van der Waals surface area contributed by atoms with Crippen LogP contribution in [0.1, 0.15) is 35.2 Å². The number of likely N-dealkylation sites (tertiary alicyclic amines) is 1. The number of halogens is 1. The molecule has 0 aromatic heterocycles. The Morgan fingerprint density at radius 2 is 1.60 bits per heavy atom. The lowest BCUT2D eigenvalue weighted by atomic mass is 9.86. The molecule has 0 bridgehead atoms. The van der Waals surface area contributed by atoms with Gasteiger partial charge < -0.3 is 4.74 Å². The average molecular weight is 403 g/mol. The van der Waals surface area contributed by atoms with Crippen LogP contribution in [-0.4, -0.2) is 35.9 Å². The molecule has 3 nitrogen and oxygen atoms in total. The Morgan fingerprint density at radius 1 is 0.967 bits per heavy atom. The van der Waals surface area contributed by atoms with Crippen molar-refractivity contribution in [2.45, 2.75) is 31.4 Å². The average Bonchev–Trinajstić information content (AvgIpc) is 2.81. The number of benzene rings is 3. The number of ketones is 1. The molecular formula is C26H26FNO2. The van der Waals surface area contributed by atoms with E-state index in [1.165, 1.54) is 17.7 Å². The smallest absolute Gasteiger partial charge is 0.179 e. The summed E-state index contributed by atoms with van der Waals surface area (Å²) in [6, 6.07) is 25.7. The normalized spacial score (nSPS) is 20.5. The Balaban J connectivity index is 1.53. The number of hydrogen-bond donors (Lipinski definition) is 0. The molecule has 1 fully saturated rings. The van der Waals surface area contributed by atoms with E-state index in [-0.39, 0.29) is 29.7 Å². The monoisotopic (exact) mass is 403 g/mol. The maximum Gasteiger partial charge on any atom is 0.179 e. The highest BCUT2D eigenvalue weighted by Crippen LogP contribution is 2.32. The lowest BCUT2D eigenvalue weighted by molar-refractivity contribution is 0.0509. The Hall–Kier alpha value is -2.98. The maximum absolute atomic E-state index is 13.3. The highest BCUT2D eigenvalue weighted by molar-refractivity contribution is 5.99. The summed E-state index contributed by atoms with van der Waals surface area (Å²) >= 11 is 0. The van der Waals surface area contributed by atoms with Gasteiger partial charge in [-0.2, -0.15) is 0 Å². The van der Waals surface area contributed by atoms with Crippen molar-refractivity contribution < 1.29 is 13.9 Å². The second-order valence-electron chi connectivity index (χ2n) is 7.82. The lowest BCUT2D eigenvalue weighted by Gasteiger charge is -2.41. The van der Waals surface area contributed by atoms with Crippen molar-refractivity contribution in [1.29, 1.82) is 0 Å². The second kappa shape index (κ2) is 9.23. The molecular weight excluding hydrogens is 377 g/mol. The molecule has 1 aliphatic rings. The first-order chi connectivity index (χ1) is 14.6. The van der Waals surface area contributed by atoms with Crippen LogP contribution in [0.3, 0.4) is 0 Å². The number of nitrogens with zero attached hydrogens (tertiary/aromatic N) is 1. The number of carbonyl (C=O) groups is 1. The van der Waals surface area contributed by atoms with Crippen molar-refractivity contribution in [3.05, 3.63) is 102 Å². The Bertz CT molecular complexity index is 959. The highest BCUT2D eigenvalue weighted by atomic mass is 19.1. The first-order valence-electron chi connectivity index (χ1n) is 10.4. The summed E-state index contributed by atoms with van der Waals surface area (Å²) in [6.45, 7) is 3.49. The van der Waals surface area contributed by atoms with Crippen LogP contribution >= 0.6 is 0 Å². The fraction of sp³-hybridized carbons (Fsp3) is 0.269. The summed E-state index contributed by atoms with van der Waals surface area (Å²) in [4.78, 5) is 15.2. The molecule has 0 saturated carbocycles. The molecule has 3 aromatic carbocycles. The molecule has 1 unspecified atom stereocenters. The zero-order valence-corrected chi connectivity index (χ0v) is 17.1. The van der Waals surface area contributed by atoms with Gasteiger partial charge in [0.2, 0.25) is 0 Å². The number of piperidine rings is 1.